The highest BCUT2D eigenvalue weighted by Gasteiger charge is 2.24. The first-order valence-corrected chi connectivity index (χ1v) is 6.86. The van der Waals surface area contributed by atoms with Crippen LogP contribution in [0, 0.1) is 5.92 Å². The van der Waals surface area contributed by atoms with Crippen molar-refractivity contribution in [3.63, 3.8) is 0 Å². The minimum Gasteiger partial charge on any atom is -0.379 e. The van der Waals surface area contributed by atoms with E-state index < -0.39 is 0 Å². The molecule has 1 unspecified atom stereocenters. The van der Waals surface area contributed by atoms with Gasteiger partial charge in [-0.1, -0.05) is 26.2 Å². The lowest BCUT2D eigenvalue weighted by atomic mass is 9.79. The summed E-state index contributed by atoms with van der Waals surface area (Å²) in [5.74, 6) is 0.995. The van der Waals surface area contributed by atoms with Crippen LogP contribution in [0.2, 0.25) is 0 Å². The topological polar surface area (TPSA) is 21.3 Å². The summed E-state index contributed by atoms with van der Waals surface area (Å²) in [4.78, 5) is 0. The molecule has 0 aromatic rings. The van der Waals surface area contributed by atoms with Crippen molar-refractivity contribution in [2.24, 2.45) is 5.92 Å². The van der Waals surface area contributed by atoms with Gasteiger partial charge in [-0.15, -0.1) is 0 Å². The first-order chi connectivity index (χ1) is 7.57. The molecule has 0 amide bonds. The van der Waals surface area contributed by atoms with Crippen molar-refractivity contribution in [2.45, 2.75) is 70.9 Å². The summed E-state index contributed by atoms with van der Waals surface area (Å²) < 4.78 is 5.48. The summed E-state index contributed by atoms with van der Waals surface area (Å²) in [7, 11) is 1.81. The van der Waals surface area contributed by atoms with Gasteiger partial charge in [0.15, 0.2) is 0 Å². The zero-order valence-corrected chi connectivity index (χ0v) is 11.5. The maximum Gasteiger partial charge on any atom is 0.0623 e. The van der Waals surface area contributed by atoms with Gasteiger partial charge in [0.25, 0.3) is 0 Å². The highest BCUT2D eigenvalue weighted by atomic mass is 16.5. The van der Waals surface area contributed by atoms with Crippen molar-refractivity contribution in [1.82, 2.24) is 5.32 Å². The number of methoxy groups -OCH3 is 1. The van der Waals surface area contributed by atoms with Crippen molar-refractivity contribution >= 4 is 0 Å². The van der Waals surface area contributed by atoms with Gasteiger partial charge in [-0.25, -0.2) is 0 Å². The summed E-state index contributed by atoms with van der Waals surface area (Å²) in [5.41, 5.74) is 0.0350. The van der Waals surface area contributed by atoms with E-state index in [9.17, 15) is 0 Å². The van der Waals surface area contributed by atoms with Crippen LogP contribution >= 0.6 is 0 Å². The van der Waals surface area contributed by atoms with Crippen LogP contribution in [0.3, 0.4) is 0 Å². The Kier molecular flexibility index (Phi) is 5.77. The van der Waals surface area contributed by atoms with Crippen molar-refractivity contribution < 1.29 is 4.74 Å². The molecule has 1 N–H and O–H groups in total. The number of hydrogen-bond donors (Lipinski definition) is 1. The molecule has 1 saturated carbocycles. The standard InChI is InChI=1S/C14H29NO/c1-5-15-13(11-12-7-6-8-12)9-10-14(2,3)16-4/h12-13,15H,5-11H2,1-4H3. The van der Waals surface area contributed by atoms with E-state index in [0.717, 1.165) is 18.9 Å². The molecule has 0 saturated heterocycles. The zero-order chi connectivity index (χ0) is 12.0. The van der Waals surface area contributed by atoms with Crippen LogP contribution in [0.5, 0.6) is 0 Å². The highest BCUT2D eigenvalue weighted by molar-refractivity contribution is 4.79. The SMILES string of the molecule is CCNC(CCC(C)(C)OC)CC1CCC1. The quantitative estimate of drug-likeness (QED) is 0.686. The van der Waals surface area contributed by atoms with Crippen LogP contribution in [0.25, 0.3) is 0 Å². The fourth-order valence-corrected chi connectivity index (χ4v) is 2.35. The lowest BCUT2D eigenvalue weighted by molar-refractivity contribution is 0.0108. The van der Waals surface area contributed by atoms with Gasteiger partial charge in [0, 0.05) is 13.2 Å². The molecule has 1 rings (SSSR count). The van der Waals surface area contributed by atoms with Gasteiger partial charge in [-0.2, -0.15) is 0 Å². The van der Waals surface area contributed by atoms with E-state index in [2.05, 4.69) is 26.1 Å². The second kappa shape index (κ2) is 6.61. The number of hydrogen-bond acceptors (Lipinski definition) is 2. The van der Waals surface area contributed by atoms with Crippen LogP contribution in [0.4, 0.5) is 0 Å². The predicted molar refractivity (Wildman–Crippen MR) is 69.7 cm³/mol. The predicted octanol–water partition coefficient (Wildman–Crippen LogP) is 3.36. The van der Waals surface area contributed by atoms with Crippen LogP contribution in [-0.4, -0.2) is 25.3 Å². The molecule has 16 heavy (non-hydrogen) atoms. The van der Waals surface area contributed by atoms with Gasteiger partial charge in [0.05, 0.1) is 5.60 Å². The Balaban J connectivity index is 2.26. The Morgan fingerprint density at radius 3 is 2.50 bits per heavy atom. The third-order valence-corrected chi connectivity index (χ3v) is 3.98. The second-order valence-electron chi connectivity index (χ2n) is 5.79. The average molecular weight is 227 g/mol. The minimum absolute atomic E-state index is 0.0350. The van der Waals surface area contributed by atoms with Crippen LogP contribution in [0.1, 0.15) is 59.3 Å². The molecule has 1 aliphatic rings. The first-order valence-electron chi connectivity index (χ1n) is 6.86. The van der Waals surface area contributed by atoms with Crippen molar-refractivity contribution in [3.8, 4) is 0 Å². The minimum atomic E-state index is 0.0350. The number of nitrogens with one attached hydrogen (secondary N) is 1. The van der Waals surface area contributed by atoms with Crippen molar-refractivity contribution in [1.29, 1.82) is 0 Å². The maximum absolute atomic E-state index is 5.48. The highest BCUT2D eigenvalue weighted by Crippen LogP contribution is 2.31. The molecule has 0 aromatic carbocycles. The molecule has 1 fully saturated rings. The normalized spacial score (nSPS) is 19.5. The molecule has 1 atom stereocenters. The van der Waals surface area contributed by atoms with E-state index in [1.165, 1.54) is 32.1 Å². The smallest absolute Gasteiger partial charge is 0.0623 e. The van der Waals surface area contributed by atoms with E-state index >= 15 is 0 Å². The summed E-state index contributed by atoms with van der Waals surface area (Å²) >= 11 is 0. The molecule has 2 heteroatoms. The summed E-state index contributed by atoms with van der Waals surface area (Å²) in [5, 5.41) is 3.62. The fourth-order valence-electron chi connectivity index (χ4n) is 2.35. The van der Waals surface area contributed by atoms with Gasteiger partial charge in [0.1, 0.15) is 0 Å². The number of rotatable bonds is 8. The monoisotopic (exact) mass is 227 g/mol. The van der Waals surface area contributed by atoms with E-state index in [0.29, 0.717) is 6.04 Å². The Morgan fingerprint density at radius 1 is 1.38 bits per heavy atom. The summed E-state index contributed by atoms with van der Waals surface area (Å²) in [6.07, 6.45) is 8.12. The Bertz CT molecular complexity index is 187. The van der Waals surface area contributed by atoms with Gasteiger partial charge in [-0.05, 0) is 45.6 Å². The molecule has 1 aliphatic carbocycles. The van der Waals surface area contributed by atoms with Crippen molar-refractivity contribution in [2.75, 3.05) is 13.7 Å². The Labute approximate surface area is 101 Å². The Morgan fingerprint density at radius 2 is 2.06 bits per heavy atom. The molecule has 0 spiro atoms. The van der Waals surface area contributed by atoms with Gasteiger partial charge < -0.3 is 10.1 Å². The second-order valence-corrected chi connectivity index (χ2v) is 5.79. The van der Waals surface area contributed by atoms with E-state index in [1.54, 1.807) is 0 Å². The fraction of sp³-hybridized carbons (Fsp3) is 1.00. The molecule has 0 aliphatic heterocycles. The molecular formula is C14H29NO. The number of ether oxygens (including phenoxy) is 1. The molecule has 0 bridgehead atoms. The largest absolute Gasteiger partial charge is 0.379 e. The lowest BCUT2D eigenvalue weighted by Gasteiger charge is -2.32. The zero-order valence-electron chi connectivity index (χ0n) is 11.5. The molecule has 0 radical (unpaired) electrons. The third-order valence-electron chi connectivity index (χ3n) is 3.98. The summed E-state index contributed by atoms with van der Waals surface area (Å²) in [6, 6.07) is 0.699. The van der Waals surface area contributed by atoms with E-state index in [-0.39, 0.29) is 5.60 Å². The van der Waals surface area contributed by atoms with E-state index in [4.69, 9.17) is 4.74 Å². The molecule has 96 valence electrons. The summed E-state index contributed by atoms with van der Waals surface area (Å²) in [6.45, 7) is 7.65. The van der Waals surface area contributed by atoms with Gasteiger partial charge in [0.2, 0.25) is 0 Å². The van der Waals surface area contributed by atoms with Crippen LogP contribution in [0.15, 0.2) is 0 Å². The Hall–Kier alpha value is -0.0800. The third kappa shape index (κ3) is 4.84. The van der Waals surface area contributed by atoms with Crippen LogP contribution in [-0.2, 0) is 4.74 Å². The molecular weight excluding hydrogens is 198 g/mol. The van der Waals surface area contributed by atoms with E-state index in [1.807, 2.05) is 7.11 Å². The van der Waals surface area contributed by atoms with Gasteiger partial charge >= 0.3 is 0 Å². The average Bonchev–Trinajstić information content (AvgIpc) is 2.19. The van der Waals surface area contributed by atoms with Crippen molar-refractivity contribution in [3.05, 3.63) is 0 Å². The van der Waals surface area contributed by atoms with Crippen LogP contribution < -0.4 is 5.32 Å². The molecule has 0 aromatic heterocycles. The maximum atomic E-state index is 5.48. The molecule has 2 nitrogen and oxygen atoms in total. The van der Waals surface area contributed by atoms with Gasteiger partial charge in [-0.3, -0.25) is 0 Å². The first kappa shape index (κ1) is 14.0. The molecule has 0 heterocycles. The lowest BCUT2D eigenvalue weighted by Crippen LogP contribution is -2.35.